The number of nitrogens with one attached hydrogen (secondary N) is 2. The van der Waals surface area contributed by atoms with E-state index in [1.165, 1.54) is 5.56 Å². The van der Waals surface area contributed by atoms with Gasteiger partial charge in [0, 0.05) is 24.7 Å². The zero-order valence-electron chi connectivity index (χ0n) is 11.7. The van der Waals surface area contributed by atoms with Gasteiger partial charge in [-0.25, -0.2) is 0 Å². The molecule has 1 spiro atoms. The van der Waals surface area contributed by atoms with Gasteiger partial charge in [-0.1, -0.05) is 26.0 Å². The highest BCUT2D eigenvalue weighted by molar-refractivity contribution is 5.94. The molecule has 2 N–H and O–H groups in total. The maximum atomic E-state index is 12.2. The van der Waals surface area contributed by atoms with Crippen molar-refractivity contribution in [3.8, 4) is 0 Å². The maximum absolute atomic E-state index is 12.2. The van der Waals surface area contributed by atoms with Gasteiger partial charge >= 0.3 is 0 Å². The highest BCUT2D eigenvalue weighted by Crippen LogP contribution is 2.44. The molecule has 1 saturated carbocycles. The van der Waals surface area contributed by atoms with Crippen LogP contribution in [0.2, 0.25) is 0 Å². The van der Waals surface area contributed by atoms with E-state index in [-0.39, 0.29) is 5.91 Å². The van der Waals surface area contributed by atoms with E-state index < -0.39 is 0 Å². The molecule has 2 fully saturated rings. The summed E-state index contributed by atoms with van der Waals surface area (Å²) in [4.78, 5) is 12.2. The number of benzene rings is 1. The summed E-state index contributed by atoms with van der Waals surface area (Å²) in [5.41, 5.74) is 2.53. The Morgan fingerprint density at radius 1 is 1.37 bits per heavy atom. The fourth-order valence-electron chi connectivity index (χ4n) is 3.16. The third-order valence-corrected chi connectivity index (χ3v) is 4.51. The van der Waals surface area contributed by atoms with Crippen molar-refractivity contribution in [1.29, 1.82) is 0 Å². The summed E-state index contributed by atoms with van der Waals surface area (Å²) in [7, 11) is 0. The molecule has 2 aliphatic rings. The first kappa shape index (κ1) is 12.7. The van der Waals surface area contributed by atoms with Gasteiger partial charge in [0.25, 0.3) is 5.91 Å². The summed E-state index contributed by atoms with van der Waals surface area (Å²) >= 11 is 0. The summed E-state index contributed by atoms with van der Waals surface area (Å²) in [6.45, 7) is 6.55. The third-order valence-electron chi connectivity index (χ3n) is 4.51. The summed E-state index contributed by atoms with van der Waals surface area (Å²) < 4.78 is 0. The Morgan fingerprint density at radius 2 is 2.11 bits per heavy atom. The fraction of sp³-hybridized carbons (Fsp3) is 0.562. The van der Waals surface area contributed by atoms with Gasteiger partial charge in [-0.2, -0.15) is 0 Å². The molecule has 1 aliphatic heterocycles. The summed E-state index contributed by atoms with van der Waals surface area (Å²) in [6.07, 6.45) is 2.27. The molecule has 0 radical (unpaired) electrons. The van der Waals surface area contributed by atoms with Crippen molar-refractivity contribution in [1.82, 2.24) is 10.6 Å². The highest BCUT2D eigenvalue weighted by atomic mass is 16.1. The molecule has 1 heterocycles. The van der Waals surface area contributed by atoms with Crippen LogP contribution < -0.4 is 10.6 Å². The van der Waals surface area contributed by atoms with Crippen LogP contribution in [0.15, 0.2) is 24.3 Å². The highest BCUT2D eigenvalue weighted by Gasteiger charge is 2.48. The Bertz CT molecular complexity index is 483. The third kappa shape index (κ3) is 2.39. The van der Waals surface area contributed by atoms with Crippen LogP contribution in [0, 0.1) is 5.41 Å². The number of hydrogen-bond donors (Lipinski definition) is 2. The zero-order chi connectivity index (χ0) is 13.5. The van der Waals surface area contributed by atoms with E-state index in [1.54, 1.807) is 0 Å². The second kappa shape index (κ2) is 4.64. The molecule has 3 nitrogen and oxygen atoms in total. The molecule has 1 aromatic carbocycles. The van der Waals surface area contributed by atoms with Gasteiger partial charge in [-0.15, -0.1) is 0 Å². The SMILES string of the molecule is CC(C)c1cccc(C(=O)NC2CC3(CNC3)C2)c1. The van der Waals surface area contributed by atoms with Crippen molar-refractivity contribution in [2.45, 2.75) is 38.6 Å². The predicted molar refractivity (Wildman–Crippen MR) is 76.3 cm³/mol. The van der Waals surface area contributed by atoms with Crippen molar-refractivity contribution in [2.75, 3.05) is 13.1 Å². The first-order chi connectivity index (χ1) is 9.08. The van der Waals surface area contributed by atoms with Crippen molar-refractivity contribution in [3.63, 3.8) is 0 Å². The van der Waals surface area contributed by atoms with Crippen molar-refractivity contribution < 1.29 is 4.79 Å². The number of rotatable bonds is 3. The van der Waals surface area contributed by atoms with Gasteiger partial charge in [-0.3, -0.25) is 4.79 Å². The molecular formula is C16H22N2O. The van der Waals surface area contributed by atoms with Gasteiger partial charge < -0.3 is 10.6 Å². The van der Waals surface area contributed by atoms with Crippen LogP contribution in [0.4, 0.5) is 0 Å². The van der Waals surface area contributed by atoms with E-state index in [4.69, 9.17) is 0 Å². The average Bonchev–Trinajstić information content (AvgIpc) is 2.30. The van der Waals surface area contributed by atoms with E-state index in [2.05, 4.69) is 30.5 Å². The molecule has 1 saturated heterocycles. The first-order valence-electron chi connectivity index (χ1n) is 7.20. The second-order valence-electron chi connectivity index (χ2n) is 6.46. The lowest BCUT2D eigenvalue weighted by molar-refractivity contribution is 0.0232. The van der Waals surface area contributed by atoms with Crippen LogP contribution in [0.5, 0.6) is 0 Å². The Morgan fingerprint density at radius 3 is 2.68 bits per heavy atom. The molecule has 0 unspecified atom stereocenters. The molecule has 1 aromatic rings. The molecule has 19 heavy (non-hydrogen) atoms. The molecule has 1 aliphatic carbocycles. The molecule has 0 atom stereocenters. The molecule has 1 amide bonds. The topological polar surface area (TPSA) is 41.1 Å². The van der Waals surface area contributed by atoms with Gasteiger partial charge in [-0.05, 0) is 41.9 Å². The van der Waals surface area contributed by atoms with Gasteiger partial charge in [0.15, 0.2) is 0 Å². The molecule has 102 valence electrons. The number of carbonyl (C=O) groups is 1. The molecule has 0 bridgehead atoms. The predicted octanol–water partition coefficient (Wildman–Crippen LogP) is 2.29. The smallest absolute Gasteiger partial charge is 0.251 e. The number of carbonyl (C=O) groups excluding carboxylic acids is 1. The average molecular weight is 258 g/mol. The second-order valence-corrected chi connectivity index (χ2v) is 6.46. The fourth-order valence-corrected chi connectivity index (χ4v) is 3.16. The Balaban J connectivity index is 1.60. The molecular weight excluding hydrogens is 236 g/mol. The number of amides is 1. The van der Waals surface area contributed by atoms with Crippen LogP contribution >= 0.6 is 0 Å². The van der Waals surface area contributed by atoms with Crippen molar-refractivity contribution >= 4 is 5.91 Å². The summed E-state index contributed by atoms with van der Waals surface area (Å²) in [5.74, 6) is 0.537. The zero-order valence-corrected chi connectivity index (χ0v) is 11.7. The molecule has 0 aromatic heterocycles. The first-order valence-corrected chi connectivity index (χ1v) is 7.20. The van der Waals surface area contributed by atoms with Crippen LogP contribution in [-0.4, -0.2) is 25.0 Å². The lowest BCUT2D eigenvalue weighted by atomic mass is 9.61. The number of hydrogen-bond acceptors (Lipinski definition) is 2. The van der Waals surface area contributed by atoms with Gasteiger partial charge in [0.2, 0.25) is 0 Å². The minimum absolute atomic E-state index is 0.0784. The maximum Gasteiger partial charge on any atom is 0.251 e. The van der Waals surface area contributed by atoms with E-state index in [1.807, 2.05) is 18.2 Å². The normalized spacial score (nSPS) is 21.0. The van der Waals surface area contributed by atoms with Crippen LogP contribution in [0.1, 0.15) is 48.5 Å². The Kier molecular flexibility index (Phi) is 3.09. The van der Waals surface area contributed by atoms with Crippen LogP contribution in [0.25, 0.3) is 0 Å². The van der Waals surface area contributed by atoms with E-state index in [9.17, 15) is 4.79 Å². The van der Waals surface area contributed by atoms with E-state index >= 15 is 0 Å². The standard InChI is InChI=1S/C16H22N2O/c1-11(2)12-4-3-5-13(6-12)15(19)18-14-7-16(8-14)9-17-10-16/h3-6,11,14,17H,7-10H2,1-2H3,(H,18,19). The van der Waals surface area contributed by atoms with E-state index in [0.717, 1.165) is 31.5 Å². The largest absolute Gasteiger partial charge is 0.349 e. The van der Waals surface area contributed by atoms with Crippen molar-refractivity contribution in [3.05, 3.63) is 35.4 Å². The minimum atomic E-state index is 0.0784. The van der Waals surface area contributed by atoms with Gasteiger partial charge in [0.1, 0.15) is 0 Å². The summed E-state index contributed by atoms with van der Waals surface area (Å²) in [5, 5.41) is 6.47. The minimum Gasteiger partial charge on any atom is -0.349 e. The molecule has 3 rings (SSSR count). The van der Waals surface area contributed by atoms with Crippen molar-refractivity contribution in [2.24, 2.45) is 5.41 Å². The van der Waals surface area contributed by atoms with Crippen LogP contribution in [0.3, 0.4) is 0 Å². The van der Waals surface area contributed by atoms with Crippen LogP contribution in [-0.2, 0) is 0 Å². The lowest BCUT2D eigenvalue weighted by Crippen LogP contribution is -2.65. The van der Waals surface area contributed by atoms with Gasteiger partial charge in [0.05, 0.1) is 0 Å². The Hall–Kier alpha value is -1.35. The Labute approximate surface area is 114 Å². The summed E-state index contributed by atoms with van der Waals surface area (Å²) in [6, 6.07) is 8.35. The lowest BCUT2D eigenvalue weighted by Gasteiger charge is -2.54. The molecule has 3 heteroatoms. The van der Waals surface area contributed by atoms with E-state index in [0.29, 0.717) is 17.4 Å². The monoisotopic (exact) mass is 258 g/mol. The quantitative estimate of drug-likeness (QED) is 0.873.